The molecular formula is C21H23N5. The molecule has 0 radical (unpaired) electrons. The SMILES string of the molecule is CCN1CC(Cc2ccnnc2)(Cc2ccnnc2)c2cc(C)ccc21. The van der Waals surface area contributed by atoms with Crippen molar-refractivity contribution in [3.05, 3.63) is 77.4 Å². The largest absolute Gasteiger partial charge is 0.371 e. The number of fused-ring (bicyclic) bond motifs is 1. The number of benzene rings is 1. The Kier molecular flexibility index (Phi) is 4.37. The Morgan fingerprint density at radius 3 is 2.12 bits per heavy atom. The van der Waals surface area contributed by atoms with Crippen LogP contribution in [0.3, 0.4) is 0 Å². The summed E-state index contributed by atoms with van der Waals surface area (Å²) in [4.78, 5) is 2.48. The fourth-order valence-corrected chi connectivity index (χ4v) is 4.16. The number of anilines is 1. The molecule has 3 heterocycles. The molecule has 0 unspecified atom stereocenters. The molecule has 1 aliphatic rings. The van der Waals surface area contributed by atoms with Crippen molar-refractivity contribution in [2.45, 2.75) is 32.1 Å². The second kappa shape index (κ2) is 6.83. The summed E-state index contributed by atoms with van der Waals surface area (Å²) in [7, 11) is 0. The molecule has 0 spiro atoms. The maximum Gasteiger partial charge on any atom is 0.0528 e. The van der Waals surface area contributed by atoms with Crippen molar-refractivity contribution in [1.29, 1.82) is 0 Å². The first-order valence-corrected chi connectivity index (χ1v) is 9.07. The zero-order valence-electron chi connectivity index (χ0n) is 15.3. The Labute approximate surface area is 154 Å². The predicted octanol–water partition coefficient (Wildman–Crippen LogP) is 3.14. The fourth-order valence-electron chi connectivity index (χ4n) is 4.16. The van der Waals surface area contributed by atoms with E-state index in [1.165, 1.54) is 27.9 Å². The molecule has 0 aliphatic carbocycles. The number of hydrogen-bond acceptors (Lipinski definition) is 5. The van der Waals surface area contributed by atoms with Crippen molar-refractivity contribution < 1.29 is 0 Å². The van der Waals surface area contributed by atoms with Gasteiger partial charge in [0.1, 0.15) is 0 Å². The maximum atomic E-state index is 4.09. The summed E-state index contributed by atoms with van der Waals surface area (Å²) in [6.45, 7) is 6.39. The summed E-state index contributed by atoms with van der Waals surface area (Å²) in [6.07, 6.45) is 9.18. The molecule has 3 aromatic rings. The van der Waals surface area contributed by atoms with E-state index < -0.39 is 0 Å². The van der Waals surface area contributed by atoms with E-state index in [-0.39, 0.29) is 5.41 Å². The van der Waals surface area contributed by atoms with Gasteiger partial charge in [-0.15, -0.1) is 0 Å². The lowest BCUT2D eigenvalue weighted by Gasteiger charge is -2.31. The molecule has 0 amide bonds. The molecule has 0 atom stereocenters. The smallest absolute Gasteiger partial charge is 0.0528 e. The van der Waals surface area contributed by atoms with E-state index in [4.69, 9.17) is 0 Å². The van der Waals surface area contributed by atoms with Gasteiger partial charge >= 0.3 is 0 Å². The maximum absolute atomic E-state index is 4.09. The molecule has 132 valence electrons. The third-order valence-electron chi connectivity index (χ3n) is 5.32. The number of hydrogen-bond donors (Lipinski definition) is 0. The van der Waals surface area contributed by atoms with Crippen molar-refractivity contribution in [1.82, 2.24) is 20.4 Å². The van der Waals surface area contributed by atoms with E-state index in [2.05, 4.69) is 69.5 Å². The van der Waals surface area contributed by atoms with E-state index in [1.807, 2.05) is 12.4 Å². The third kappa shape index (κ3) is 3.05. The second-order valence-electron chi connectivity index (χ2n) is 7.17. The topological polar surface area (TPSA) is 54.8 Å². The van der Waals surface area contributed by atoms with Gasteiger partial charge in [-0.25, -0.2) is 0 Å². The van der Waals surface area contributed by atoms with Crippen molar-refractivity contribution in [3.8, 4) is 0 Å². The van der Waals surface area contributed by atoms with Crippen LogP contribution in [0.2, 0.25) is 0 Å². The Hall–Kier alpha value is -2.82. The monoisotopic (exact) mass is 345 g/mol. The fraction of sp³-hybridized carbons (Fsp3) is 0.333. The molecule has 5 nitrogen and oxygen atoms in total. The van der Waals surface area contributed by atoms with Crippen molar-refractivity contribution in [3.63, 3.8) is 0 Å². The number of rotatable bonds is 5. The van der Waals surface area contributed by atoms with Crippen LogP contribution in [0.4, 0.5) is 5.69 Å². The average molecular weight is 345 g/mol. The van der Waals surface area contributed by atoms with Crippen LogP contribution in [0.5, 0.6) is 0 Å². The molecule has 0 fully saturated rings. The van der Waals surface area contributed by atoms with Crippen molar-refractivity contribution >= 4 is 5.69 Å². The highest BCUT2D eigenvalue weighted by Crippen LogP contribution is 2.45. The number of aromatic nitrogens is 4. The molecule has 1 aromatic carbocycles. The van der Waals surface area contributed by atoms with Crippen LogP contribution in [0.1, 0.15) is 29.2 Å². The molecule has 0 bridgehead atoms. The summed E-state index contributed by atoms with van der Waals surface area (Å²) >= 11 is 0. The Morgan fingerprint density at radius 2 is 1.58 bits per heavy atom. The molecule has 1 aliphatic heterocycles. The molecule has 2 aromatic heterocycles. The highest BCUT2D eigenvalue weighted by molar-refractivity contribution is 5.64. The highest BCUT2D eigenvalue weighted by atomic mass is 15.2. The van der Waals surface area contributed by atoms with E-state index in [0.717, 1.165) is 25.9 Å². The van der Waals surface area contributed by atoms with Crippen LogP contribution in [0.15, 0.2) is 55.1 Å². The number of nitrogens with zero attached hydrogens (tertiary/aromatic N) is 5. The zero-order chi connectivity index (χ0) is 18.0. The van der Waals surface area contributed by atoms with Crippen LogP contribution in [0, 0.1) is 6.92 Å². The minimum absolute atomic E-state index is 0.0105. The molecule has 26 heavy (non-hydrogen) atoms. The van der Waals surface area contributed by atoms with Gasteiger partial charge in [-0.1, -0.05) is 17.7 Å². The first kappa shape index (κ1) is 16.6. The third-order valence-corrected chi connectivity index (χ3v) is 5.32. The van der Waals surface area contributed by atoms with Gasteiger partial charge < -0.3 is 4.90 Å². The lowest BCUT2D eigenvalue weighted by atomic mass is 9.73. The van der Waals surface area contributed by atoms with E-state index in [9.17, 15) is 0 Å². The van der Waals surface area contributed by atoms with Crippen LogP contribution in [0.25, 0.3) is 0 Å². The quantitative estimate of drug-likeness (QED) is 0.711. The lowest BCUT2D eigenvalue weighted by Crippen LogP contribution is -2.37. The molecule has 5 heteroatoms. The van der Waals surface area contributed by atoms with Gasteiger partial charge in [-0.2, -0.15) is 20.4 Å². The standard InChI is InChI=1S/C21H23N5/c1-3-26-15-21(11-17-6-8-22-24-13-17,12-18-7-9-23-25-14-18)19-10-16(2)4-5-20(19)26/h4-10,13-14H,3,11-12,15H2,1-2H3. The minimum Gasteiger partial charge on any atom is -0.371 e. The second-order valence-corrected chi connectivity index (χ2v) is 7.17. The molecule has 4 rings (SSSR count). The summed E-state index contributed by atoms with van der Waals surface area (Å²) in [5, 5.41) is 16.1. The van der Waals surface area contributed by atoms with Gasteiger partial charge in [-0.05, 0) is 61.6 Å². The number of aryl methyl sites for hydroxylation is 1. The van der Waals surface area contributed by atoms with Gasteiger partial charge in [0.25, 0.3) is 0 Å². The van der Waals surface area contributed by atoms with Gasteiger partial charge in [0.2, 0.25) is 0 Å². The van der Waals surface area contributed by atoms with E-state index in [1.54, 1.807) is 12.4 Å². The molecule has 0 saturated heterocycles. The average Bonchev–Trinajstić information content (AvgIpc) is 2.96. The molecule has 0 N–H and O–H groups in total. The van der Waals surface area contributed by atoms with Crippen LogP contribution in [-0.4, -0.2) is 33.5 Å². The van der Waals surface area contributed by atoms with E-state index in [0.29, 0.717) is 0 Å². The molecular weight excluding hydrogens is 322 g/mol. The predicted molar refractivity (Wildman–Crippen MR) is 102 cm³/mol. The van der Waals surface area contributed by atoms with Crippen LogP contribution in [-0.2, 0) is 18.3 Å². The Balaban J connectivity index is 1.82. The van der Waals surface area contributed by atoms with Gasteiger partial charge in [0.15, 0.2) is 0 Å². The summed E-state index contributed by atoms with van der Waals surface area (Å²) in [6, 6.07) is 11.0. The Morgan fingerprint density at radius 1 is 0.923 bits per heavy atom. The normalized spacial score (nSPS) is 15.1. The minimum atomic E-state index is -0.0105. The van der Waals surface area contributed by atoms with E-state index >= 15 is 0 Å². The van der Waals surface area contributed by atoms with Crippen LogP contribution >= 0.6 is 0 Å². The van der Waals surface area contributed by atoms with Gasteiger partial charge in [0.05, 0.1) is 12.4 Å². The summed E-state index contributed by atoms with van der Waals surface area (Å²) in [5.41, 5.74) is 6.49. The lowest BCUT2D eigenvalue weighted by molar-refractivity contribution is 0.443. The Bertz CT molecular complexity index is 838. The number of likely N-dealkylation sites (N-methyl/N-ethyl adjacent to an activating group) is 1. The molecule has 0 saturated carbocycles. The zero-order valence-corrected chi connectivity index (χ0v) is 15.3. The van der Waals surface area contributed by atoms with Gasteiger partial charge in [0, 0.05) is 36.6 Å². The first-order valence-electron chi connectivity index (χ1n) is 9.07. The van der Waals surface area contributed by atoms with Crippen molar-refractivity contribution in [2.75, 3.05) is 18.0 Å². The van der Waals surface area contributed by atoms with Crippen LogP contribution < -0.4 is 4.90 Å². The first-order chi connectivity index (χ1) is 12.7. The van der Waals surface area contributed by atoms with Crippen molar-refractivity contribution in [2.24, 2.45) is 0 Å². The summed E-state index contributed by atoms with van der Waals surface area (Å²) in [5.74, 6) is 0. The van der Waals surface area contributed by atoms with Gasteiger partial charge in [-0.3, -0.25) is 0 Å². The summed E-state index contributed by atoms with van der Waals surface area (Å²) < 4.78 is 0. The highest BCUT2D eigenvalue weighted by Gasteiger charge is 2.42.